The first-order chi connectivity index (χ1) is 13.3. The highest BCUT2D eigenvalue weighted by atomic mass is 35.5. The number of hydrogen-bond donors (Lipinski definition) is 2. The van der Waals surface area contributed by atoms with Crippen LogP contribution in [-0.4, -0.2) is 23.2 Å². The summed E-state index contributed by atoms with van der Waals surface area (Å²) in [5.74, 6) is -1.45. The van der Waals surface area contributed by atoms with E-state index in [0.29, 0.717) is 22.4 Å². The molecule has 8 heteroatoms. The van der Waals surface area contributed by atoms with Gasteiger partial charge in [-0.25, -0.2) is 9.18 Å². The molecule has 0 aliphatic rings. The third kappa shape index (κ3) is 6.14. The maximum atomic E-state index is 14.1. The Labute approximate surface area is 167 Å². The van der Waals surface area contributed by atoms with E-state index in [4.69, 9.17) is 16.4 Å². The molecular formula is C20H20ClFN2O4. The molecule has 0 saturated carbocycles. The first-order valence-electron chi connectivity index (χ1n) is 8.55. The molecule has 0 fully saturated rings. The van der Waals surface area contributed by atoms with Gasteiger partial charge < -0.3 is 10.2 Å². The third-order valence-corrected chi connectivity index (χ3v) is 4.32. The summed E-state index contributed by atoms with van der Waals surface area (Å²) in [6.07, 6.45) is 0.434. The van der Waals surface area contributed by atoms with Gasteiger partial charge in [-0.3, -0.25) is 9.59 Å². The van der Waals surface area contributed by atoms with Crippen molar-refractivity contribution in [3.8, 4) is 0 Å². The first kappa shape index (κ1) is 21.5. The lowest BCUT2D eigenvalue weighted by atomic mass is 10.00. The van der Waals surface area contributed by atoms with Crippen molar-refractivity contribution < 1.29 is 23.6 Å². The molecule has 0 unspecified atom stereocenters. The minimum atomic E-state index is -0.971. The van der Waals surface area contributed by atoms with Crippen molar-refractivity contribution in [1.82, 2.24) is 5.48 Å². The Balaban J connectivity index is 2.03. The molecule has 28 heavy (non-hydrogen) atoms. The van der Waals surface area contributed by atoms with Crippen LogP contribution in [0.2, 0.25) is 0 Å². The van der Waals surface area contributed by atoms with Crippen LogP contribution in [-0.2, 0) is 20.8 Å². The topological polar surface area (TPSA) is 84.5 Å². The fraction of sp³-hybridized carbons (Fsp3) is 0.250. The zero-order valence-electron chi connectivity index (χ0n) is 15.4. The van der Waals surface area contributed by atoms with Crippen LogP contribution >= 0.6 is 11.6 Å². The van der Waals surface area contributed by atoms with Crippen LogP contribution in [0.5, 0.6) is 0 Å². The summed E-state index contributed by atoms with van der Waals surface area (Å²) in [7, 11) is 0. The zero-order valence-corrected chi connectivity index (χ0v) is 16.2. The summed E-state index contributed by atoms with van der Waals surface area (Å²) < 4.78 is 14.1. The van der Waals surface area contributed by atoms with E-state index in [2.05, 4.69) is 10.8 Å². The van der Waals surface area contributed by atoms with E-state index in [0.717, 1.165) is 0 Å². The predicted octanol–water partition coefficient (Wildman–Crippen LogP) is 3.52. The minimum Gasteiger partial charge on any atom is -0.366 e. The molecule has 0 aliphatic heterocycles. The van der Waals surface area contributed by atoms with E-state index in [-0.39, 0.29) is 18.7 Å². The number of carbonyl (C=O) groups excluding carboxylic acids is 3. The molecule has 1 atom stereocenters. The van der Waals surface area contributed by atoms with Crippen molar-refractivity contribution in [2.75, 3.05) is 5.32 Å². The van der Waals surface area contributed by atoms with E-state index < -0.39 is 23.1 Å². The largest absolute Gasteiger partial charge is 0.366 e. The fourth-order valence-electron chi connectivity index (χ4n) is 2.55. The van der Waals surface area contributed by atoms with Crippen LogP contribution in [0.4, 0.5) is 10.1 Å². The number of hydroxylamine groups is 1. The monoisotopic (exact) mass is 406 g/mol. The summed E-state index contributed by atoms with van der Waals surface area (Å²) in [6.45, 7) is 2.92. The van der Waals surface area contributed by atoms with Crippen molar-refractivity contribution >= 4 is 34.4 Å². The highest BCUT2D eigenvalue weighted by Gasteiger charge is 2.20. The average molecular weight is 407 g/mol. The first-order valence-corrected chi connectivity index (χ1v) is 8.93. The number of rotatable bonds is 8. The van der Waals surface area contributed by atoms with Gasteiger partial charge in [0.25, 0.3) is 0 Å². The summed E-state index contributed by atoms with van der Waals surface area (Å²) in [4.78, 5) is 39.8. The number of hydrogen-bond acceptors (Lipinski definition) is 5. The Morgan fingerprint density at radius 2 is 1.86 bits per heavy atom. The number of anilines is 1. The number of nitrogens with one attached hydrogen (secondary N) is 2. The summed E-state index contributed by atoms with van der Waals surface area (Å²) >= 11 is 5.59. The van der Waals surface area contributed by atoms with Gasteiger partial charge in [-0.1, -0.05) is 18.2 Å². The van der Waals surface area contributed by atoms with Crippen LogP contribution in [0, 0.1) is 12.7 Å². The molecule has 0 spiro atoms. The number of benzene rings is 2. The molecule has 0 saturated heterocycles. The molecule has 0 heterocycles. The van der Waals surface area contributed by atoms with Crippen molar-refractivity contribution in [2.24, 2.45) is 0 Å². The van der Waals surface area contributed by atoms with E-state index in [9.17, 15) is 18.8 Å². The van der Waals surface area contributed by atoms with Crippen LogP contribution in [0.25, 0.3) is 0 Å². The smallest absolute Gasteiger partial charge is 0.356 e. The molecule has 2 N–H and O–H groups in total. The molecule has 2 rings (SSSR count). The number of aryl methyl sites for hydroxylation is 1. The van der Waals surface area contributed by atoms with Crippen LogP contribution in [0.15, 0.2) is 42.5 Å². The van der Waals surface area contributed by atoms with Gasteiger partial charge >= 0.3 is 5.97 Å². The molecule has 148 valence electrons. The summed E-state index contributed by atoms with van der Waals surface area (Å²) in [6, 6.07) is 10.1. The summed E-state index contributed by atoms with van der Waals surface area (Å²) in [5.41, 5.74) is 4.01. The Morgan fingerprint density at radius 3 is 2.46 bits per heavy atom. The fourth-order valence-corrected chi connectivity index (χ4v) is 2.70. The van der Waals surface area contributed by atoms with Gasteiger partial charge in [0, 0.05) is 12.6 Å². The SMILES string of the molecule is CC(=O)Nc1cc(F)c(C)c(CC[C@@H](NOC(=O)c2ccccc2)C(=O)Cl)c1. The van der Waals surface area contributed by atoms with Gasteiger partial charge in [0.2, 0.25) is 11.1 Å². The maximum absolute atomic E-state index is 14.1. The molecule has 0 aliphatic carbocycles. The molecular weight excluding hydrogens is 387 g/mol. The lowest BCUT2D eigenvalue weighted by molar-refractivity contribution is -0.116. The third-order valence-electron chi connectivity index (χ3n) is 4.05. The second-order valence-electron chi connectivity index (χ2n) is 6.19. The number of carbonyl (C=O) groups is 3. The van der Waals surface area contributed by atoms with Gasteiger partial charge in [-0.2, -0.15) is 0 Å². The van der Waals surface area contributed by atoms with E-state index in [1.54, 1.807) is 43.3 Å². The highest BCUT2D eigenvalue weighted by molar-refractivity contribution is 6.64. The highest BCUT2D eigenvalue weighted by Crippen LogP contribution is 2.21. The molecule has 1 amide bonds. The Morgan fingerprint density at radius 1 is 1.18 bits per heavy atom. The Kier molecular flexibility index (Phi) is 7.66. The van der Waals surface area contributed by atoms with Gasteiger partial charge in [-0.05, 0) is 66.8 Å². The summed E-state index contributed by atoms with van der Waals surface area (Å²) in [5, 5.41) is 1.79. The van der Waals surface area contributed by atoms with Crippen molar-refractivity contribution in [3.63, 3.8) is 0 Å². The molecule has 6 nitrogen and oxygen atoms in total. The predicted molar refractivity (Wildman–Crippen MR) is 103 cm³/mol. The molecule has 2 aromatic carbocycles. The van der Waals surface area contributed by atoms with Crippen LogP contribution in [0.3, 0.4) is 0 Å². The average Bonchev–Trinajstić information content (AvgIpc) is 2.65. The van der Waals surface area contributed by atoms with Crippen molar-refractivity contribution in [1.29, 1.82) is 0 Å². The Bertz CT molecular complexity index is 874. The van der Waals surface area contributed by atoms with Gasteiger partial charge in [0.1, 0.15) is 11.9 Å². The zero-order chi connectivity index (χ0) is 20.7. The molecule has 0 bridgehead atoms. The standard InChI is InChI=1S/C20H20ClFN2O4/c1-12-15(10-16(11-17(12)22)23-13(2)25)8-9-18(19(21)26)24-28-20(27)14-6-4-3-5-7-14/h3-7,10-11,18,24H,8-9H2,1-2H3,(H,23,25)/t18-/m1/s1. The van der Waals surface area contributed by atoms with Crippen LogP contribution < -0.4 is 10.8 Å². The minimum absolute atomic E-state index is 0.161. The maximum Gasteiger partial charge on any atom is 0.356 e. The Hall–Kier alpha value is -2.77. The molecule has 2 aromatic rings. The second-order valence-corrected chi connectivity index (χ2v) is 6.56. The van der Waals surface area contributed by atoms with Crippen molar-refractivity contribution in [2.45, 2.75) is 32.7 Å². The van der Waals surface area contributed by atoms with Crippen LogP contribution in [0.1, 0.15) is 34.8 Å². The number of halogens is 2. The van der Waals surface area contributed by atoms with Gasteiger partial charge in [-0.15, -0.1) is 5.48 Å². The quantitative estimate of drug-likeness (QED) is 0.517. The van der Waals surface area contributed by atoms with E-state index in [1.165, 1.54) is 13.0 Å². The lowest BCUT2D eigenvalue weighted by Gasteiger charge is -2.16. The van der Waals surface area contributed by atoms with E-state index in [1.807, 2.05) is 0 Å². The lowest BCUT2D eigenvalue weighted by Crippen LogP contribution is -2.36. The van der Waals surface area contributed by atoms with Gasteiger partial charge in [0.15, 0.2) is 0 Å². The van der Waals surface area contributed by atoms with Gasteiger partial charge in [0.05, 0.1) is 5.56 Å². The molecule has 0 aromatic heterocycles. The second kappa shape index (κ2) is 9.96. The number of amides is 1. The van der Waals surface area contributed by atoms with Crippen molar-refractivity contribution in [3.05, 3.63) is 65.0 Å². The normalized spacial score (nSPS) is 11.6. The van der Waals surface area contributed by atoms with E-state index >= 15 is 0 Å². The molecule has 0 radical (unpaired) electrons.